The average Bonchev–Trinajstić information content (AvgIpc) is 3.00. The molecule has 0 aromatic heterocycles. The number of carboxylic acid groups (broad SMARTS) is 1. The SMILES string of the molecule is CC(NC(=O)N1CCC[C@@H](C(=O)O)C1)C(=O)N1CCCC1. The summed E-state index contributed by atoms with van der Waals surface area (Å²) in [7, 11) is 0. The second-order valence-electron chi connectivity index (χ2n) is 5.83. The minimum atomic E-state index is -0.867. The molecule has 1 unspecified atom stereocenters. The Kier molecular flexibility index (Phi) is 5.03. The van der Waals surface area contributed by atoms with Gasteiger partial charge in [0, 0.05) is 26.2 Å². The molecule has 0 aromatic rings. The molecule has 0 saturated carbocycles. The van der Waals surface area contributed by atoms with Crippen molar-refractivity contribution in [3.05, 3.63) is 0 Å². The van der Waals surface area contributed by atoms with E-state index >= 15 is 0 Å². The first-order chi connectivity index (χ1) is 9.99. The minimum Gasteiger partial charge on any atom is -0.481 e. The number of rotatable bonds is 3. The van der Waals surface area contributed by atoms with Crippen LogP contribution in [0, 0.1) is 5.92 Å². The van der Waals surface area contributed by atoms with Gasteiger partial charge in [0.1, 0.15) is 6.04 Å². The average molecular weight is 297 g/mol. The number of hydrogen-bond donors (Lipinski definition) is 2. The van der Waals surface area contributed by atoms with Gasteiger partial charge in [0.15, 0.2) is 0 Å². The lowest BCUT2D eigenvalue weighted by Crippen LogP contribution is -2.53. The first kappa shape index (κ1) is 15.6. The third-order valence-corrected chi connectivity index (χ3v) is 4.19. The van der Waals surface area contributed by atoms with Gasteiger partial charge < -0.3 is 20.2 Å². The highest BCUT2D eigenvalue weighted by molar-refractivity contribution is 5.87. The molecular formula is C14H23N3O4. The summed E-state index contributed by atoms with van der Waals surface area (Å²) in [5.41, 5.74) is 0. The molecule has 0 bridgehead atoms. The van der Waals surface area contributed by atoms with Crippen LogP contribution in [-0.4, -0.2) is 65.0 Å². The van der Waals surface area contributed by atoms with Crippen LogP contribution in [0.25, 0.3) is 0 Å². The molecule has 0 spiro atoms. The van der Waals surface area contributed by atoms with Crippen LogP contribution in [-0.2, 0) is 9.59 Å². The maximum absolute atomic E-state index is 12.1. The maximum atomic E-state index is 12.1. The van der Waals surface area contributed by atoms with Crippen molar-refractivity contribution in [2.24, 2.45) is 5.92 Å². The van der Waals surface area contributed by atoms with Gasteiger partial charge in [-0.3, -0.25) is 9.59 Å². The van der Waals surface area contributed by atoms with Crippen molar-refractivity contribution in [2.45, 2.75) is 38.6 Å². The van der Waals surface area contributed by atoms with Crippen LogP contribution >= 0.6 is 0 Å². The molecule has 118 valence electrons. The van der Waals surface area contributed by atoms with E-state index in [-0.39, 0.29) is 18.5 Å². The van der Waals surface area contributed by atoms with Gasteiger partial charge >= 0.3 is 12.0 Å². The Labute approximate surface area is 124 Å². The molecule has 0 aromatic carbocycles. The van der Waals surface area contributed by atoms with Crippen LogP contribution in [0.1, 0.15) is 32.6 Å². The lowest BCUT2D eigenvalue weighted by molar-refractivity contribution is -0.143. The fourth-order valence-corrected chi connectivity index (χ4v) is 2.91. The number of likely N-dealkylation sites (tertiary alicyclic amines) is 2. The highest BCUT2D eigenvalue weighted by Crippen LogP contribution is 2.17. The topological polar surface area (TPSA) is 90.0 Å². The second kappa shape index (κ2) is 6.78. The predicted octanol–water partition coefficient (Wildman–Crippen LogP) is 0.504. The molecule has 2 aliphatic heterocycles. The quantitative estimate of drug-likeness (QED) is 0.794. The Morgan fingerprint density at radius 3 is 2.33 bits per heavy atom. The van der Waals surface area contributed by atoms with E-state index in [1.165, 1.54) is 4.90 Å². The fourth-order valence-electron chi connectivity index (χ4n) is 2.91. The van der Waals surface area contributed by atoms with Crippen molar-refractivity contribution in [3.8, 4) is 0 Å². The van der Waals surface area contributed by atoms with Crippen molar-refractivity contribution in [3.63, 3.8) is 0 Å². The van der Waals surface area contributed by atoms with Crippen LogP contribution in [0.3, 0.4) is 0 Å². The standard InChI is InChI=1S/C14H23N3O4/c1-10(12(18)16-6-2-3-7-16)15-14(21)17-8-4-5-11(9-17)13(19)20/h10-11H,2-9H2,1H3,(H,15,21)(H,19,20)/t10?,11-/m1/s1. The van der Waals surface area contributed by atoms with Gasteiger partial charge in [-0.05, 0) is 32.6 Å². The number of hydrogen-bond acceptors (Lipinski definition) is 3. The molecule has 7 heteroatoms. The van der Waals surface area contributed by atoms with Crippen molar-refractivity contribution < 1.29 is 19.5 Å². The van der Waals surface area contributed by atoms with E-state index < -0.39 is 17.9 Å². The van der Waals surface area contributed by atoms with Crippen molar-refractivity contribution in [2.75, 3.05) is 26.2 Å². The van der Waals surface area contributed by atoms with Crippen LogP contribution in [0.15, 0.2) is 0 Å². The number of urea groups is 1. The Morgan fingerprint density at radius 2 is 1.71 bits per heavy atom. The fraction of sp³-hybridized carbons (Fsp3) is 0.786. The summed E-state index contributed by atoms with van der Waals surface area (Å²) >= 11 is 0. The van der Waals surface area contributed by atoms with Gasteiger partial charge in [0.25, 0.3) is 0 Å². The zero-order valence-corrected chi connectivity index (χ0v) is 12.4. The molecular weight excluding hydrogens is 274 g/mol. The zero-order chi connectivity index (χ0) is 15.4. The highest BCUT2D eigenvalue weighted by Gasteiger charge is 2.30. The van der Waals surface area contributed by atoms with E-state index in [4.69, 9.17) is 5.11 Å². The lowest BCUT2D eigenvalue weighted by atomic mass is 9.99. The maximum Gasteiger partial charge on any atom is 0.318 e. The number of nitrogens with one attached hydrogen (secondary N) is 1. The van der Waals surface area contributed by atoms with Crippen molar-refractivity contribution >= 4 is 17.9 Å². The molecule has 21 heavy (non-hydrogen) atoms. The van der Waals surface area contributed by atoms with Gasteiger partial charge in [-0.2, -0.15) is 0 Å². The molecule has 7 nitrogen and oxygen atoms in total. The number of carboxylic acids is 1. The number of carbonyl (C=O) groups is 3. The van der Waals surface area contributed by atoms with E-state index in [0.29, 0.717) is 19.4 Å². The van der Waals surface area contributed by atoms with E-state index in [9.17, 15) is 14.4 Å². The zero-order valence-electron chi connectivity index (χ0n) is 12.4. The van der Waals surface area contributed by atoms with E-state index in [1.54, 1.807) is 11.8 Å². The molecule has 0 aliphatic carbocycles. The number of nitrogens with zero attached hydrogens (tertiary/aromatic N) is 2. The summed E-state index contributed by atoms with van der Waals surface area (Å²) in [6.07, 6.45) is 3.30. The largest absolute Gasteiger partial charge is 0.481 e. The minimum absolute atomic E-state index is 0.0624. The highest BCUT2D eigenvalue weighted by atomic mass is 16.4. The Morgan fingerprint density at radius 1 is 1.10 bits per heavy atom. The molecule has 0 radical (unpaired) electrons. The Bertz CT molecular complexity index is 420. The molecule has 2 saturated heterocycles. The van der Waals surface area contributed by atoms with Gasteiger partial charge in [0.05, 0.1) is 5.92 Å². The molecule has 3 amide bonds. The Balaban J connectivity index is 1.85. The lowest BCUT2D eigenvalue weighted by Gasteiger charge is -2.32. The molecule has 2 heterocycles. The van der Waals surface area contributed by atoms with Crippen LogP contribution in [0.4, 0.5) is 4.79 Å². The molecule has 2 atom stereocenters. The van der Waals surface area contributed by atoms with Gasteiger partial charge in [-0.15, -0.1) is 0 Å². The van der Waals surface area contributed by atoms with E-state index in [2.05, 4.69) is 5.32 Å². The summed E-state index contributed by atoms with van der Waals surface area (Å²) in [5.74, 6) is -1.43. The molecule has 2 N–H and O–H groups in total. The third kappa shape index (κ3) is 3.86. The number of piperidine rings is 1. The summed E-state index contributed by atoms with van der Waals surface area (Å²) in [4.78, 5) is 38.6. The number of aliphatic carboxylic acids is 1. The number of carbonyl (C=O) groups excluding carboxylic acids is 2. The monoisotopic (exact) mass is 297 g/mol. The predicted molar refractivity (Wildman–Crippen MR) is 75.7 cm³/mol. The van der Waals surface area contributed by atoms with Crippen LogP contribution < -0.4 is 5.32 Å². The molecule has 2 fully saturated rings. The summed E-state index contributed by atoms with van der Waals surface area (Å²) in [6.45, 7) is 3.94. The molecule has 2 rings (SSSR count). The van der Waals surface area contributed by atoms with Gasteiger partial charge in [-0.25, -0.2) is 4.79 Å². The number of amides is 3. The van der Waals surface area contributed by atoms with Gasteiger partial charge in [-0.1, -0.05) is 0 Å². The normalized spacial score (nSPS) is 23.8. The van der Waals surface area contributed by atoms with Gasteiger partial charge in [0.2, 0.25) is 5.91 Å². The van der Waals surface area contributed by atoms with Crippen LogP contribution in [0.2, 0.25) is 0 Å². The Hall–Kier alpha value is -1.79. The van der Waals surface area contributed by atoms with Crippen LogP contribution in [0.5, 0.6) is 0 Å². The van der Waals surface area contributed by atoms with Crippen molar-refractivity contribution in [1.82, 2.24) is 15.1 Å². The summed E-state index contributed by atoms with van der Waals surface area (Å²) in [5, 5.41) is 11.7. The molecule has 2 aliphatic rings. The summed E-state index contributed by atoms with van der Waals surface area (Å²) in [6, 6.07) is -0.915. The first-order valence-corrected chi connectivity index (χ1v) is 7.56. The van der Waals surface area contributed by atoms with E-state index in [0.717, 1.165) is 25.9 Å². The van der Waals surface area contributed by atoms with E-state index in [1.807, 2.05) is 0 Å². The van der Waals surface area contributed by atoms with Crippen molar-refractivity contribution in [1.29, 1.82) is 0 Å². The smallest absolute Gasteiger partial charge is 0.318 e. The third-order valence-electron chi connectivity index (χ3n) is 4.19. The summed E-state index contributed by atoms with van der Waals surface area (Å²) < 4.78 is 0. The second-order valence-corrected chi connectivity index (χ2v) is 5.83. The first-order valence-electron chi connectivity index (χ1n) is 7.56.